The van der Waals surface area contributed by atoms with Crippen LogP contribution in [0.3, 0.4) is 0 Å². The molecule has 140 valence electrons. The average molecular weight is 348 g/mol. The zero-order valence-corrected chi connectivity index (χ0v) is 16.1. The fourth-order valence-electron chi connectivity index (χ4n) is 2.81. The van der Waals surface area contributed by atoms with Crippen molar-refractivity contribution in [3.05, 3.63) is 35.4 Å². The van der Waals surface area contributed by atoms with Crippen molar-refractivity contribution >= 4 is 5.96 Å². The number of benzene rings is 1. The van der Waals surface area contributed by atoms with Gasteiger partial charge in [-0.1, -0.05) is 43.7 Å². The summed E-state index contributed by atoms with van der Waals surface area (Å²) in [5.41, 5.74) is 2.65. The number of guanidine groups is 1. The zero-order valence-electron chi connectivity index (χ0n) is 16.1. The van der Waals surface area contributed by atoms with Crippen LogP contribution in [0.4, 0.5) is 0 Å². The predicted molar refractivity (Wildman–Crippen MR) is 103 cm³/mol. The minimum Gasteiger partial charge on any atom is -0.379 e. The maximum Gasteiger partial charge on any atom is 0.191 e. The Morgan fingerprint density at radius 3 is 2.68 bits per heavy atom. The van der Waals surface area contributed by atoms with E-state index in [2.05, 4.69) is 60.7 Å². The highest BCUT2D eigenvalue weighted by Gasteiger charge is 2.20. The Morgan fingerprint density at radius 1 is 1.28 bits per heavy atom. The molecule has 1 aromatic rings. The van der Waals surface area contributed by atoms with E-state index in [0.29, 0.717) is 0 Å². The van der Waals surface area contributed by atoms with Crippen molar-refractivity contribution in [2.45, 2.75) is 45.1 Å². The SMILES string of the molecule is CN=C(NCCCOC1CCOC1)NCC(C)(C)c1ccc(C)cc1. The third kappa shape index (κ3) is 6.67. The molecule has 0 amide bonds. The molecule has 1 aliphatic heterocycles. The summed E-state index contributed by atoms with van der Waals surface area (Å²) >= 11 is 0. The van der Waals surface area contributed by atoms with Crippen molar-refractivity contribution in [1.82, 2.24) is 10.6 Å². The van der Waals surface area contributed by atoms with Gasteiger partial charge in [-0.15, -0.1) is 0 Å². The van der Waals surface area contributed by atoms with E-state index in [1.165, 1.54) is 11.1 Å². The Balaban J connectivity index is 1.67. The Morgan fingerprint density at radius 2 is 2.04 bits per heavy atom. The van der Waals surface area contributed by atoms with Gasteiger partial charge in [0.2, 0.25) is 0 Å². The van der Waals surface area contributed by atoms with E-state index < -0.39 is 0 Å². The normalized spacial score (nSPS) is 18.4. The zero-order chi connectivity index (χ0) is 18.1. The smallest absolute Gasteiger partial charge is 0.191 e. The molecule has 25 heavy (non-hydrogen) atoms. The van der Waals surface area contributed by atoms with E-state index in [1.54, 1.807) is 7.05 Å². The molecule has 0 aliphatic carbocycles. The molecule has 1 aliphatic rings. The number of hydrogen-bond donors (Lipinski definition) is 2. The van der Waals surface area contributed by atoms with Crippen LogP contribution < -0.4 is 10.6 Å². The molecule has 0 aromatic heterocycles. The van der Waals surface area contributed by atoms with Gasteiger partial charge in [0.05, 0.1) is 12.7 Å². The number of nitrogens with one attached hydrogen (secondary N) is 2. The molecule has 1 saturated heterocycles. The first kappa shape index (κ1) is 19.7. The van der Waals surface area contributed by atoms with Gasteiger partial charge >= 0.3 is 0 Å². The van der Waals surface area contributed by atoms with Gasteiger partial charge < -0.3 is 20.1 Å². The summed E-state index contributed by atoms with van der Waals surface area (Å²) in [5, 5.41) is 6.79. The number of nitrogens with zero attached hydrogens (tertiary/aromatic N) is 1. The topological polar surface area (TPSA) is 54.9 Å². The van der Waals surface area contributed by atoms with Crippen LogP contribution in [0.2, 0.25) is 0 Å². The van der Waals surface area contributed by atoms with Gasteiger partial charge in [-0.25, -0.2) is 0 Å². The molecule has 1 unspecified atom stereocenters. The van der Waals surface area contributed by atoms with Crippen LogP contribution in [0.25, 0.3) is 0 Å². The lowest BCUT2D eigenvalue weighted by Crippen LogP contribution is -2.43. The molecule has 5 heteroatoms. The van der Waals surface area contributed by atoms with Crippen molar-refractivity contribution in [2.24, 2.45) is 4.99 Å². The van der Waals surface area contributed by atoms with Gasteiger partial charge in [0.25, 0.3) is 0 Å². The van der Waals surface area contributed by atoms with E-state index >= 15 is 0 Å². The fraction of sp³-hybridized carbons (Fsp3) is 0.650. The van der Waals surface area contributed by atoms with Gasteiger partial charge in [0, 0.05) is 38.8 Å². The third-order valence-corrected chi connectivity index (χ3v) is 4.61. The number of rotatable bonds is 8. The van der Waals surface area contributed by atoms with Gasteiger partial charge in [-0.2, -0.15) is 0 Å². The molecule has 1 heterocycles. The number of hydrogen-bond acceptors (Lipinski definition) is 3. The summed E-state index contributed by atoms with van der Waals surface area (Å²) in [6.45, 7) is 10.6. The predicted octanol–water partition coefficient (Wildman–Crippen LogP) is 2.63. The second-order valence-corrected chi connectivity index (χ2v) is 7.31. The second-order valence-electron chi connectivity index (χ2n) is 7.31. The molecule has 0 saturated carbocycles. The number of aliphatic imine (C=N–C) groups is 1. The van der Waals surface area contributed by atoms with Crippen molar-refractivity contribution in [1.29, 1.82) is 0 Å². The Hall–Kier alpha value is -1.59. The van der Waals surface area contributed by atoms with Crippen LogP contribution in [0, 0.1) is 6.92 Å². The number of ether oxygens (including phenoxy) is 2. The van der Waals surface area contributed by atoms with Gasteiger partial charge in [0.1, 0.15) is 0 Å². The maximum absolute atomic E-state index is 5.77. The van der Waals surface area contributed by atoms with Crippen molar-refractivity contribution in [3.8, 4) is 0 Å². The summed E-state index contributed by atoms with van der Waals surface area (Å²) in [5.74, 6) is 0.837. The minimum atomic E-state index is 0.0386. The van der Waals surface area contributed by atoms with E-state index in [1.807, 2.05) is 0 Å². The molecule has 0 radical (unpaired) electrons. The Labute approximate surface area is 152 Å². The summed E-state index contributed by atoms with van der Waals surface area (Å²) in [4.78, 5) is 4.31. The molecule has 0 bridgehead atoms. The molecule has 0 spiro atoms. The lowest BCUT2D eigenvalue weighted by Gasteiger charge is -2.27. The molecule has 5 nitrogen and oxygen atoms in total. The van der Waals surface area contributed by atoms with Crippen molar-refractivity contribution < 1.29 is 9.47 Å². The highest BCUT2D eigenvalue weighted by atomic mass is 16.5. The second kappa shape index (κ2) is 9.78. The third-order valence-electron chi connectivity index (χ3n) is 4.61. The number of aryl methyl sites for hydroxylation is 1. The van der Waals surface area contributed by atoms with Crippen LogP contribution in [0.15, 0.2) is 29.3 Å². The Kier molecular flexibility index (Phi) is 7.72. The lowest BCUT2D eigenvalue weighted by molar-refractivity contribution is 0.0420. The maximum atomic E-state index is 5.77. The lowest BCUT2D eigenvalue weighted by atomic mass is 9.84. The summed E-state index contributed by atoms with van der Waals surface area (Å²) in [6.07, 6.45) is 2.26. The van der Waals surface area contributed by atoms with Crippen LogP contribution >= 0.6 is 0 Å². The molecular formula is C20H33N3O2. The van der Waals surface area contributed by atoms with Crippen LogP contribution in [0.5, 0.6) is 0 Å². The molecule has 1 aromatic carbocycles. The first-order valence-electron chi connectivity index (χ1n) is 9.22. The summed E-state index contributed by atoms with van der Waals surface area (Å²) in [7, 11) is 1.81. The van der Waals surface area contributed by atoms with Crippen molar-refractivity contribution in [2.75, 3.05) is 40.0 Å². The van der Waals surface area contributed by atoms with E-state index in [0.717, 1.165) is 51.7 Å². The summed E-state index contributed by atoms with van der Waals surface area (Å²) in [6, 6.07) is 8.74. The molecule has 1 fully saturated rings. The van der Waals surface area contributed by atoms with Crippen LogP contribution in [-0.4, -0.2) is 52.0 Å². The largest absolute Gasteiger partial charge is 0.379 e. The fourth-order valence-corrected chi connectivity index (χ4v) is 2.81. The quantitative estimate of drug-likeness (QED) is 0.431. The van der Waals surface area contributed by atoms with Gasteiger partial charge in [-0.05, 0) is 25.3 Å². The standard InChI is InChI=1S/C20H33N3O2/c1-16-6-8-17(9-7-16)20(2,3)15-23-19(21-4)22-11-5-12-25-18-10-13-24-14-18/h6-9,18H,5,10-15H2,1-4H3,(H2,21,22,23). The highest BCUT2D eigenvalue weighted by Crippen LogP contribution is 2.22. The molecule has 1 atom stereocenters. The van der Waals surface area contributed by atoms with Crippen LogP contribution in [0.1, 0.15) is 37.8 Å². The Bertz CT molecular complexity index is 534. The minimum absolute atomic E-state index is 0.0386. The molecule has 2 N–H and O–H groups in total. The van der Waals surface area contributed by atoms with Crippen molar-refractivity contribution in [3.63, 3.8) is 0 Å². The average Bonchev–Trinajstić information content (AvgIpc) is 3.11. The van der Waals surface area contributed by atoms with Gasteiger partial charge in [-0.3, -0.25) is 4.99 Å². The monoisotopic (exact) mass is 347 g/mol. The highest BCUT2D eigenvalue weighted by molar-refractivity contribution is 5.79. The first-order valence-corrected chi connectivity index (χ1v) is 9.22. The van der Waals surface area contributed by atoms with Gasteiger partial charge in [0.15, 0.2) is 5.96 Å². The van der Waals surface area contributed by atoms with E-state index in [9.17, 15) is 0 Å². The molecular weight excluding hydrogens is 314 g/mol. The van der Waals surface area contributed by atoms with E-state index in [4.69, 9.17) is 9.47 Å². The summed E-state index contributed by atoms with van der Waals surface area (Å²) < 4.78 is 11.1. The molecule has 2 rings (SSSR count). The first-order chi connectivity index (χ1) is 12.0. The van der Waals surface area contributed by atoms with E-state index in [-0.39, 0.29) is 11.5 Å². The van der Waals surface area contributed by atoms with Crippen LogP contribution in [-0.2, 0) is 14.9 Å².